The van der Waals surface area contributed by atoms with Crippen molar-refractivity contribution in [1.29, 1.82) is 0 Å². The SMILES string of the molecule is Cl.Nc1c(Br)ccc(Cl)c1F. The van der Waals surface area contributed by atoms with Crippen molar-refractivity contribution in [2.75, 3.05) is 5.73 Å². The van der Waals surface area contributed by atoms with E-state index in [0.717, 1.165) is 0 Å². The molecule has 0 aliphatic carbocycles. The van der Waals surface area contributed by atoms with E-state index in [1.807, 2.05) is 0 Å². The van der Waals surface area contributed by atoms with E-state index in [1.54, 1.807) is 6.07 Å². The highest BCUT2D eigenvalue weighted by molar-refractivity contribution is 9.10. The van der Waals surface area contributed by atoms with Crippen LogP contribution in [0.2, 0.25) is 5.02 Å². The Morgan fingerprint density at radius 1 is 1.45 bits per heavy atom. The van der Waals surface area contributed by atoms with Crippen LogP contribution in [0.15, 0.2) is 16.6 Å². The summed E-state index contributed by atoms with van der Waals surface area (Å²) in [6.45, 7) is 0. The van der Waals surface area contributed by atoms with E-state index in [-0.39, 0.29) is 23.1 Å². The predicted molar refractivity (Wildman–Crippen MR) is 50.8 cm³/mol. The highest BCUT2D eigenvalue weighted by Gasteiger charge is 2.05. The number of hydrogen-bond acceptors (Lipinski definition) is 1. The third-order valence-electron chi connectivity index (χ3n) is 1.08. The molecule has 0 aliphatic rings. The van der Waals surface area contributed by atoms with Crippen molar-refractivity contribution in [3.05, 3.63) is 27.4 Å². The molecule has 0 radical (unpaired) electrons. The number of rotatable bonds is 0. The van der Waals surface area contributed by atoms with E-state index < -0.39 is 5.82 Å². The van der Waals surface area contributed by atoms with Gasteiger partial charge in [0.2, 0.25) is 0 Å². The van der Waals surface area contributed by atoms with E-state index in [9.17, 15) is 4.39 Å². The molecule has 0 fully saturated rings. The summed E-state index contributed by atoms with van der Waals surface area (Å²) in [6, 6.07) is 3.04. The van der Waals surface area contributed by atoms with Gasteiger partial charge in [0, 0.05) is 4.47 Å². The summed E-state index contributed by atoms with van der Waals surface area (Å²) in [5.74, 6) is -0.573. The van der Waals surface area contributed by atoms with Crippen LogP contribution < -0.4 is 5.73 Å². The second-order valence-electron chi connectivity index (χ2n) is 1.76. The summed E-state index contributed by atoms with van der Waals surface area (Å²) >= 11 is 8.47. The normalized spacial score (nSPS) is 9.00. The van der Waals surface area contributed by atoms with Gasteiger partial charge in [-0.15, -0.1) is 12.4 Å². The van der Waals surface area contributed by atoms with E-state index in [1.165, 1.54) is 6.07 Å². The molecular weight excluding hydrogens is 256 g/mol. The third kappa shape index (κ3) is 2.22. The van der Waals surface area contributed by atoms with Gasteiger partial charge in [0.15, 0.2) is 5.82 Å². The Balaban J connectivity index is 0.000001000. The van der Waals surface area contributed by atoms with Gasteiger partial charge in [0.05, 0.1) is 10.7 Å². The van der Waals surface area contributed by atoms with Crippen molar-refractivity contribution in [2.45, 2.75) is 0 Å². The maximum absolute atomic E-state index is 12.7. The Morgan fingerprint density at radius 3 is 2.45 bits per heavy atom. The molecule has 11 heavy (non-hydrogen) atoms. The zero-order valence-electron chi connectivity index (χ0n) is 5.27. The summed E-state index contributed by atoms with van der Waals surface area (Å²) in [5, 5.41) is 0.0423. The Labute approximate surface area is 83.3 Å². The van der Waals surface area contributed by atoms with Gasteiger partial charge in [0.25, 0.3) is 0 Å². The van der Waals surface area contributed by atoms with Crippen LogP contribution in [0.3, 0.4) is 0 Å². The van der Waals surface area contributed by atoms with E-state index in [2.05, 4.69) is 15.9 Å². The monoisotopic (exact) mass is 259 g/mol. The molecule has 0 saturated carbocycles. The summed E-state index contributed by atoms with van der Waals surface area (Å²) in [4.78, 5) is 0. The van der Waals surface area contributed by atoms with Gasteiger partial charge in [-0.25, -0.2) is 4.39 Å². The number of benzene rings is 1. The van der Waals surface area contributed by atoms with Crippen LogP contribution in [-0.2, 0) is 0 Å². The summed E-state index contributed by atoms with van der Waals surface area (Å²) in [5.41, 5.74) is 5.32. The fourth-order valence-electron chi connectivity index (χ4n) is 0.543. The van der Waals surface area contributed by atoms with Gasteiger partial charge in [-0.2, -0.15) is 0 Å². The highest BCUT2D eigenvalue weighted by atomic mass is 79.9. The summed E-state index contributed by atoms with van der Waals surface area (Å²) < 4.78 is 13.2. The fourth-order valence-corrected chi connectivity index (χ4v) is 1.01. The zero-order valence-corrected chi connectivity index (χ0v) is 8.43. The summed E-state index contributed by atoms with van der Waals surface area (Å²) in [7, 11) is 0. The first-order chi connectivity index (χ1) is 4.63. The van der Waals surface area contributed by atoms with Gasteiger partial charge in [0.1, 0.15) is 0 Å². The third-order valence-corrected chi connectivity index (χ3v) is 2.06. The molecule has 1 aromatic carbocycles. The van der Waals surface area contributed by atoms with Crippen LogP contribution in [-0.4, -0.2) is 0 Å². The van der Waals surface area contributed by atoms with Gasteiger partial charge in [-0.3, -0.25) is 0 Å². The molecule has 1 aromatic rings. The number of hydrogen-bond donors (Lipinski definition) is 1. The van der Waals surface area contributed by atoms with Crippen molar-refractivity contribution < 1.29 is 4.39 Å². The maximum atomic E-state index is 12.7. The average molecular weight is 261 g/mol. The van der Waals surface area contributed by atoms with Crippen LogP contribution in [0, 0.1) is 5.82 Å². The maximum Gasteiger partial charge on any atom is 0.165 e. The number of nitrogen functional groups attached to an aromatic ring is 1. The van der Waals surface area contributed by atoms with Crippen molar-refractivity contribution in [2.24, 2.45) is 0 Å². The molecule has 0 heterocycles. The molecule has 1 nitrogen and oxygen atoms in total. The lowest BCUT2D eigenvalue weighted by Gasteiger charge is -1.99. The van der Waals surface area contributed by atoms with Crippen LogP contribution in [0.5, 0.6) is 0 Å². The summed E-state index contributed by atoms with van der Waals surface area (Å²) in [6.07, 6.45) is 0. The zero-order chi connectivity index (χ0) is 7.72. The molecule has 0 amide bonds. The smallest absolute Gasteiger partial charge is 0.165 e. The van der Waals surface area contributed by atoms with Crippen LogP contribution >= 0.6 is 39.9 Å². The highest BCUT2D eigenvalue weighted by Crippen LogP contribution is 2.27. The van der Waals surface area contributed by atoms with Crippen LogP contribution in [0.25, 0.3) is 0 Å². The van der Waals surface area contributed by atoms with Crippen molar-refractivity contribution in [1.82, 2.24) is 0 Å². The molecule has 0 aromatic heterocycles. The predicted octanol–water partition coefficient (Wildman–Crippen LogP) is 3.25. The van der Waals surface area contributed by atoms with Crippen molar-refractivity contribution in [3.63, 3.8) is 0 Å². The molecule has 62 valence electrons. The molecule has 0 bridgehead atoms. The van der Waals surface area contributed by atoms with E-state index >= 15 is 0 Å². The first-order valence-corrected chi connectivity index (χ1v) is 3.69. The number of nitrogens with two attached hydrogens (primary N) is 1. The molecule has 0 atom stereocenters. The second-order valence-corrected chi connectivity index (χ2v) is 3.02. The van der Waals surface area contributed by atoms with Crippen molar-refractivity contribution >= 4 is 45.6 Å². The van der Waals surface area contributed by atoms with E-state index in [0.29, 0.717) is 4.47 Å². The lowest BCUT2D eigenvalue weighted by molar-refractivity contribution is 0.632. The Morgan fingerprint density at radius 2 is 2.00 bits per heavy atom. The Hall–Kier alpha value is 0.01000. The first kappa shape index (κ1) is 11.0. The minimum absolute atomic E-state index is 0. The van der Waals surface area contributed by atoms with Crippen molar-refractivity contribution in [3.8, 4) is 0 Å². The lowest BCUT2D eigenvalue weighted by atomic mass is 10.3. The van der Waals surface area contributed by atoms with Gasteiger partial charge in [-0.05, 0) is 28.1 Å². The number of halogens is 4. The van der Waals surface area contributed by atoms with Gasteiger partial charge < -0.3 is 5.73 Å². The molecule has 1 rings (SSSR count). The Bertz CT molecular complexity index is 240. The number of anilines is 1. The standard InChI is InChI=1S/C6H4BrClFN.ClH/c7-3-1-2-4(8)5(9)6(3)10;/h1-2H,10H2;1H. The minimum atomic E-state index is -0.573. The first-order valence-electron chi connectivity index (χ1n) is 2.52. The minimum Gasteiger partial charge on any atom is -0.395 e. The molecule has 0 aliphatic heterocycles. The van der Waals surface area contributed by atoms with Gasteiger partial charge in [-0.1, -0.05) is 11.6 Å². The largest absolute Gasteiger partial charge is 0.395 e. The van der Waals surface area contributed by atoms with Crippen LogP contribution in [0.1, 0.15) is 0 Å². The average Bonchev–Trinajstić information content (AvgIpc) is 1.93. The second kappa shape index (κ2) is 4.14. The topological polar surface area (TPSA) is 26.0 Å². The van der Waals surface area contributed by atoms with E-state index in [4.69, 9.17) is 17.3 Å². The fraction of sp³-hybridized carbons (Fsp3) is 0. The molecule has 0 unspecified atom stereocenters. The quantitative estimate of drug-likeness (QED) is 0.563. The molecule has 2 N–H and O–H groups in total. The molecule has 5 heteroatoms. The molecule has 0 saturated heterocycles. The Kier molecular flexibility index (Phi) is 4.14. The van der Waals surface area contributed by atoms with Gasteiger partial charge >= 0.3 is 0 Å². The molecule has 0 spiro atoms. The van der Waals surface area contributed by atoms with Crippen LogP contribution in [0.4, 0.5) is 10.1 Å². The molecular formula is C6H5BrCl2FN. The lowest BCUT2D eigenvalue weighted by Crippen LogP contribution is -1.91.